The Hall–Kier alpha value is -1.29. The highest BCUT2D eigenvalue weighted by molar-refractivity contribution is 7.80. The van der Waals surface area contributed by atoms with Gasteiger partial charge in [0.25, 0.3) is 0 Å². The number of rotatable bonds is 2. The van der Waals surface area contributed by atoms with Gasteiger partial charge in [0.1, 0.15) is 23.6 Å². The van der Waals surface area contributed by atoms with E-state index in [1.54, 1.807) is 6.07 Å². The fourth-order valence-electron chi connectivity index (χ4n) is 2.94. The first kappa shape index (κ1) is 27.0. The molecule has 2 heterocycles. The summed E-state index contributed by atoms with van der Waals surface area (Å²) in [4.78, 5) is 29.8. The number of carbonyl (C=O) groups is 2. The molecule has 2 unspecified atom stereocenters. The number of ether oxygens (including phenoxy) is 4. The van der Waals surface area contributed by atoms with Gasteiger partial charge in [0.05, 0.1) is 25.4 Å². The molecule has 0 spiro atoms. The minimum Gasteiger partial charge on any atom is -0.455 e. The lowest BCUT2D eigenvalue weighted by Crippen LogP contribution is -2.43. The molecule has 0 aromatic carbocycles. The molecule has 7 nitrogen and oxygen atoms in total. The SMILES string of the molecule is CC(C)(C)[C@H]1COC(CS)C(CS)OC[C@H](C(C)(C)C)OC(=O)c2cccc(n2)C(=O)O1. The molecule has 1 aliphatic heterocycles. The van der Waals surface area contributed by atoms with Crippen LogP contribution in [0.2, 0.25) is 0 Å². The first-order chi connectivity index (χ1) is 14.9. The molecule has 0 fully saturated rings. The fraction of sp³-hybridized carbons (Fsp3) is 0.696. The van der Waals surface area contributed by atoms with Crippen molar-refractivity contribution in [1.29, 1.82) is 0 Å². The van der Waals surface area contributed by atoms with Crippen LogP contribution in [0.25, 0.3) is 0 Å². The molecule has 0 saturated carbocycles. The van der Waals surface area contributed by atoms with Crippen LogP contribution in [0.15, 0.2) is 18.2 Å². The predicted octanol–water partition coefficient (Wildman–Crippen LogP) is 3.87. The van der Waals surface area contributed by atoms with E-state index in [1.165, 1.54) is 12.1 Å². The molecule has 4 atom stereocenters. The first-order valence-electron chi connectivity index (χ1n) is 10.7. The second-order valence-electron chi connectivity index (χ2n) is 10.0. The third-order valence-corrected chi connectivity index (χ3v) is 6.02. The summed E-state index contributed by atoms with van der Waals surface area (Å²) in [5, 5.41) is 0. The molecule has 0 saturated heterocycles. The molecule has 1 aromatic heterocycles. The number of carbonyl (C=O) groups excluding carboxylic acids is 2. The van der Waals surface area contributed by atoms with Crippen LogP contribution in [0.5, 0.6) is 0 Å². The number of hydrogen-bond donors (Lipinski definition) is 2. The van der Waals surface area contributed by atoms with Crippen molar-refractivity contribution in [2.24, 2.45) is 10.8 Å². The highest BCUT2D eigenvalue weighted by Crippen LogP contribution is 2.27. The molecule has 0 radical (unpaired) electrons. The normalized spacial score (nSPS) is 26.5. The van der Waals surface area contributed by atoms with Crippen LogP contribution in [0.4, 0.5) is 0 Å². The van der Waals surface area contributed by atoms with Crippen LogP contribution in [-0.2, 0) is 18.9 Å². The number of thiol groups is 2. The van der Waals surface area contributed by atoms with Crippen molar-refractivity contribution in [3.05, 3.63) is 29.6 Å². The summed E-state index contributed by atoms with van der Waals surface area (Å²) in [5.41, 5.74) is -0.719. The molecule has 1 aliphatic rings. The van der Waals surface area contributed by atoms with E-state index in [2.05, 4.69) is 30.2 Å². The zero-order valence-corrected chi connectivity index (χ0v) is 21.4. The third-order valence-electron chi connectivity index (χ3n) is 5.30. The van der Waals surface area contributed by atoms with E-state index in [-0.39, 0.29) is 36.8 Å². The summed E-state index contributed by atoms with van der Waals surface area (Å²) in [6, 6.07) is 4.60. The van der Waals surface area contributed by atoms with E-state index < -0.39 is 35.0 Å². The van der Waals surface area contributed by atoms with E-state index >= 15 is 0 Å². The van der Waals surface area contributed by atoms with Gasteiger partial charge in [-0.2, -0.15) is 25.3 Å². The Bertz CT molecular complexity index is 728. The summed E-state index contributed by atoms with van der Waals surface area (Å²) in [6.45, 7) is 12.1. The minimum atomic E-state index is -0.630. The Kier molecular flexibility index (Phi) is 9.46. The van der Waals surface area contributed by atoms with Crippen LogP contribution in [0.3, 0.4) is 0 Å². The second kappa shape index (κ2) is 11.2. The zero-order valence-electron chi connectivity index (χ0n) is 19.7. The van der Waals surface area contributed by atoms with Crippen molar-refractivity contribution in [1.82, 2.24) is 4.98 Å². The summed E-state index contributed by atoms with van der Waals surface area (Å²) < 4.78 is 23.7. The first-order valence-corrected chi connectivity index (χ1v) is 12.0. The largest absolute Gasteiger partial charge is 0.455 e. The molecule has 1 aromatic rings. The van der Waals surface area contributed by atoms with Crippen molar-refractivity contribution in [2.75, 3.05) is 24.7 Å². The van der Waals surface area contributed by atoms with Crippen molar-refractivity contribution in [3.8, 4) is 0 Å². The molecule has 2 bridgehead atoms. The average molecular weight is 486 g/mol. The molecule has 0 N–H and O–H groups in total. The van der Waals surface area contributed by atoms with Crippen molar-refractivity contribution < 1.29 is 28.5 Å². The van der Waals surface area contributed by atoms with E-state index in [0.717, 1.165) is 0 Å². The summed E-state index contributed by atoms with van der Waals surface area (Å²) in [5.74, 6) is -0.485. The lowest BCUT2D eigenvalue weighted by atomic mass is 9.89. The summed E-state index contributed by atoms with van der Waals surface area (Å²) in [7, 11) is 0. The highest BCUT2D eigenvalue weighted by atomic mass is 32.1. The molecular formula is C23H35NO6S2. The number of pyridine rings is 1. The smallest absolute Gasteiger partial charge is 0.357 e. The van der Waals surface area contributed by atoms with Crippen LogP contribution in [0.1, 0.15) is 62.5 Å². The number of aromatic nitrogens is 1. The molecule has 0 amide bonds. The van der Waals surface area contributed by atoms with Crippen LogP contribution < -0.4 is 0 Å². The Morgan fingerprint density at radius 1 is 0.812 bits per heavy atom. The molecule has 2 rings (SSSR count). The van der Waals surface area contributed by atoms with E-state index in [1.807, 2.05) is 41.5 Å². The summed E-state index contributed by atoms with van der Waals surface area (Å²) in [6.07, 6.45) is -1.88. The molecule has 9 heteroatoms. The lowest BCUT2D eigenvalue weighted by Gasteiger charge is -2.34. The molecule has 32 heavy (non-hydrogen) atoms. The van der Waals surface area contributed by atoms with Gasteiger partial charge in [-0.15, -0.1) is 0 Å². The van der Waals surface area contributed by atoms with Crippen LogP contribution in [0, 0.1) is 10.8 Å². The number of hydrogen-bond acceptors (Lipinski definition) is 9. The lowest BCUT2D eigenvalue weighted by molar-refractivity contribution is -0.116. The van der Waals surface area contributed by atoms with Crippen LogP contribution >= 0.6 is 25.3 Å². The third kappa shape index (κ3) is 7.37. The fourth-order valence-corrected chi connectivity index (χ4v) is 3.62. The monoisotopic (exact) mass is 485 g/mol. The van der Waals surface area contributed by atoms with Gasteiger partial charge in [0.2, 0.25) is 0 Å². The standard InChI is InChI=1S/C23H35NO6S2/c1-22(2,3)18-10-27-16(12-31)17(13-32)28-11-19(23(4,5)6)30-21(26)15-9-7-8-14(24-15)20(25)29-18/h7-9,16-19,31-32H,10-13H2,1-6H3/t16?,17?,18-,19-/m1/s1. The van der Waals surface area contributed by atoms with Gasteiger partial charge in [-0.05, 0) is 12.1 Å². The van der Waals surface area contributed by atoms with Crippen molar-refractivity contribution in [2.45, 2.75) is 66.0 Å². The van der Waals surface area contributed by atoms with Crippen LogP contribution in [-0.4, -0.2) is 66.1 Å². The second-order valence-corrected chi connectivity index (χ2v) is 10.8. The topological polar surface area (TPSA) is 84.0 Å². The van der Waals surface area contributed by atoms with Gasteiger partial charge in [0.15, 0.2) is 0 Å². The maximum Gasteiger partial charge on any atom is 0.357 e. The Labute approximate surface area is 201 Å². The average Bonchev–Trinajstić information content (AvgIpc) is 2.71. The van der Waals surface area contributed by atoms with Gasteiger partial charge in [-0.1, -0.05) is 47.6 Å². The Morgan fingerprint density at radius 3 is 1.50 bits per heavy atom. The number of nitrogens with zero attached hydrogens (tertiary/aromatic N) is 1. The zero-order chi connectivity index (χ0) is 24.1. The van der Waals surface area contributed by atoms with Gasteiger partial charge in [0, 0.05) is 22.3 Å². The van der Waals surface area contributed by atoms with Crippen molar-refractivity contribution >= 4 is 37.2 Å². The quantitative estimate of drug-likeness (QED) is 0.486. The van der Waals surface area contributed by atoms with Gasteiger partial charge < -0.3 is 18.9 Å². The predicted molar refractivity (Wildman–Crippen MR) is 129 cm³/mol. The Morgan fingerprint density at radius 2 is 1.19 bits per heavy atom. The highest BCUT2D eigenvalue weighted by Gasteiger charge is 2.35. The van der Waals surface area contributed by atoms with Gasteiger partial charge in [-0.3, -0.25) is 0 Å². The van der Waals surface area contributed by atoms with Gasteiger partial charge in [-0.25, -0.2) is 14.6 Å². The maximum atomic E-state index is 12.8. The van der Waals surface area contributed by atoms with E-state index in [0.29, 0.717) is 11.5 Å². The van der Waals surface area contributed by atoms with E-state index in [9.17, 15) is 9.59 Å². The number of esters is 2. The summed E-state index contributed by atoms with van der Waals surface area (Å²) >= 11 is 8.84. The number of cyclic esters (lactones) is 2. The molecular weight excluding hydrogens is 450 g/mol. The number of fused-ring (bicyclic) bond motifs is 2. The van der Waals surface area contributed by atoms with E-state index in [4.69, 9.17) is 18.9 Å². The van der Waals surface area contributed by atoms with Gasteiger partial charge >= 0.3 is 11.9 Å². The van der Waals surface area contributed by atoms with Crippen molar-refractivity contribution in [3.63, 3.8) is 0 Å². The maximum absolute atomic E-state index is 12.8. The molecule has 0 aliphatic carbocycles. The Balaban J connectivity index is 2.44. The molecule has 180 valence electrons. The minimum absolute atomic E-state index is 0.0334.